The van der Waals surface area contributed by atoms with E-state index in [1.54, 1.807) is 0 Å². The molecular weight excluding hydrogens is 166 g/mol. The molecule has 4 heteroatoms. The normalized spacial score (nSPS) is 12.3. The van der Waals surface area contributed by atoms with Gasteiger partial charge in [0.25, 0.3) is 0 Å². The highest BCUT2D eigenvalue weighted by molar-refractivity contribution is 6.03. The minimum atomic E-state index is -0.328. The van der Waals surface area contributed by atoms with Gasteiger partial charge in [0.2, 0.25) is 5.91 Å². The van der Waals surface area contributed by atoms with E-state index in [1.165, 1.54) is 0 Å². The maximum Gasteiger partial charge on any atom is 0.248 e. The SMILES string of the molecule is C=CC(=O)NC(=N)C(CC)N(C)C. The molecular formula is C9H17N3O. The number of hydrogen-bond donors (Lipinski definition) is 2. The molecule has 0 bridgehead atoms. The van der Waals surface area contributed by atoms with E-state index in [0.29, 0.717) is 0 Å². The van der Waals surface area contributed by atoms with Crippen LogP contribution in [-0.4, -0.2) is 36.8 Å². The third kappa shape index (κ3) is 3.85. The van der Waals surface area contributed by atoms with Crippen LogP contribution in [0, 0.1) is 5.41 Å². The molecule has 0 aromatic heterocycles. The lowest BCUT2D eigenvalue weighted by atomic mass is 10.2. The van der Waals surface area contributed by atoms with Gasteiger partial charge in [0.15, 0.2) is 0 Å². The predicted octanol–water partition coefficient (Wildman–Crippen LogP) is 0.606. The van der Waals surface area contributed by atoms with Crippen LogP contribution in [0.1, 0.15) is 13.3 Å². The molecule has 0 aliphatic carbocycles. The quantitative estimate of drug-likeness (QED) is 0.381. The number of carbonyl (C=O) groups is 1. The molecule has 4 nitrogen and oxygen atoms in total. The van der Waals surface area contributed by atoms with Crippen molar-refractivity contribution in [3.8, 4) is 0 Å². The van der Waals surface area contributed by atoms with E-state index in [0.717, 1.165) is 12.5 Å². The third-order valence-electron chi connectivity index (χ3n) is 1.79. The van der Waals surface area contributed by atoms with Crippen LogP contribution in [0.4, 0.5) is 0 Å². The number of carbonyl (C=O) groups excluding carboxylic acids is 1. The van der Waals surface area contributed by atoms with E-state index in [4.69, 9.17) is 5.41 Å². The standard InChI is InChI=1S/C9H17N3O/c1-5-7(12(3)4)9(10)11-8(13)6-2/h6-7H,2,5H2,1,3-4H3,(H2,10,11,13). The Morgan fingerprint density at radius 3 is 2.54 bits per heavy atom. The summed E-state index contributed by atoms with van der Waals surface area (Å²) < 4.78 is 0. The lowest BCUT2D eigenvalue weighted by molar-refractivity contribution is -0.115. The van der Waals surface area contributed by atoms with Gasteiger partial charge in [-0.3, -0.25) is 15.1 Å². The second-order valence-corrected chi connectivity index (χ2v) is 2.99. The van der Waals surface area contributed by atoms with Crippen LogP contribution in [0.15, 0.2) is 12.7 Å². The molecule has 74 valence electrons. The van der Waals surface area contributed by atoms with E-state index in [2.05, 4.69) is 11.9 Å². The van der Waals surface area contributed by atoms with Gasteiger partial charge < -0.3 is 5.32 Å². The van der Waals surface area contributed by atoms with Crippen molar-refractivity contribution in [2.45, 2.75) is 19.4 Å². The predicted molar refractivity (Wildman–Crippen MR) is 53.8 cm³/mol. The van der Waals surface area contributed by atoms with Gasteiger partial charge in [-0.05, 0) is 26.6 Å². The minimum absolute atomic E-state index is 0.0381. The summed E-state index contributed by atoms with van der Waals surface area (Å²) in [5.41, 5.74) is 0. The topological polar surface area (TPSA) is 56.2 Å². The van der Waals surface area contributed by atoms with Crippen molar-refractivity contribution in [1.29, 1.82) is 5.41 Å². The summed E-state index contributed by atoms with van der Waals surface area (Å²) in [4.78, 5) is 12.8. The zero-order chi connectivity index (χ0) is 10.4. The molecule has 1 unspecified atom stereocenters. The minimum Gasteiger partial charge on any atom is -0.310 e. The number of amidine groups is 1. The van der Waals surface area contributed by atoms with Crippen molar-refractivity contribution in [2.24, 2.45) is 0 Å². The van der Waals surface area contributed by atoms with Crippen molar-refractivity contribution in [1.82, 2.24) is 10.2 Å². The van der Waals surface area contributed by atoms with E-state index in [9.17, 15) is 4.79 Å². The molecule has 0 heterocycles. The summed E-state index contributed by atoms with van der Waals surface area (Å²) in [7, 11) is 3.76. The van der Waals surface area contributed by atoms with Crippen molar-refractivity contribution in [3.63, 3.8) is 0 Å². The van der Waals surface area contributed by atoms with Crippen LogP contribution < -0.4 is 5.32 Å². The first kappa shape index (κ1) is 11.8. The lowest BCUT2D eigenvalue weighted by Gasteiger charge is -2.23. The van der Waals surface area contributed by atoms with E-state index < -0.39 is 0 Å². The molecule has 0 saturated carbocycles. The Kier molecular flexibility index (Phi) is 4.99. The molecule has 0 spiro atoms. The summed E-state index contributed by atoms with van der Waals surface area (Å²) >= 11 is 0. The largest absolute Gasteiger partial charge is 0.310 e. The van der Waals surface area contributed by atoms with E-state index >= 15 is 0 Å². The molecule has 2 N–H and O–H groups in total. The average molecular weight is 183 g/mol. The Hall–Kier alpha value is -1.16. The van der Waals surface area contributed by atoms with Gasteiger partial charge in [0.05, 0.1) is 6.04 Å². The number of nitrogens with zero attached hydrogens (tertiary/aromatic N) is 1. The molecule has 1 amide bonds. The van der Waals surface area contributed by atoms with E-state index in [-0.39, 0.29) is 17.8 Å². The number of nitrogens with one attached hydrogen (secondary N) is 2. The molecule has 0 aliphatic heterocycles. The maximum atomic E-state index is 10.9. The Morgan fingerprint density at radius 1 is 1.69 bits per heavy atom. The Bertz CT molecular complexity index is 211. The van der Waals surface area contributed by atoms with E-state index in [1.807, 2.05) is 25.9 Å². The average Bonchev–Trinajstić information content (AvgIpc) is 2.04. The number of hydrogen-bond acceptors (Lipinski definition) is 3. The molecule has 0 aromatic carbocycles. The summed E-state index contributed by atoms with van der Waals surface area (Å²) in [5, 5.41) is 10.0. The molecule has 0 aliphatic rings. The second kappa shape index (κ2) is 5.48. The summed E-state index contributed by atoms with van der Waals surface area (Å²) in [5.74, 6) is -0.109. The summed E-state index contributed by atoms with van der Waals surface area (Å²) in [6.07, 6.45) is 1.96. The van der Waals surface area contributed by atoms with Crippen LogP contribution in [0.25, 0.3) is 0 Å². The highest BCUT2D eigenvalue weighted by Gasteiger charge is 2.15. The molecule has 0 aromatic rings. The zero-order valence-corrected chi connectivity index (χ0v) is 8.42. The van der Waals surface area contributed by atoms with Gasteiger partial charge >= 0.3 is 0 Å². The van der Waals surface area contributed by atoms with Crippen LogP contribution >= 0.6 is 0 Å². The number of rotatable bonds is 4. The maximum absolute atomic E-state index is 10.9. The smallest absolute Gasteiger partial charge is 0.248 e. The number of likely N-dealkylation sites (N-methyl/N-ethyl adjacent to an activating group) is 1. The first-order chi connectivity index (χ1) is 6.02. The first-order valence-corrected chi connectivity index (χ1v) is 4.21. The fourth-order valence-electron chi connectivity index (χ4n) is 1.09. The zero-order valence-electron chi connectivity index (χ0n) is 8.42. The monoisotopic (exact) mass is 183 g/mol. The molecule has 0 radical (unpaired) electrons. The van der Waals surface area contributed by atoms with Gasteiger partial charge in [-0.25, -0.2) is 0 Å². The van der Waals surface area contributed by atoms with Crippen LogP contribution in [0.2, 0.25) is 0 Å². The van der Waals surface area contributed by atoms with Gasteiger partial charge in [-0.1, -0.05) is 13.5 Å². The fraction of sp³-hybridized carbons (Fsp3) is 0.556. The third-order valence-corrected chi connectivity index (χ3v) is 1.79. The van der Waals surface area contributed by atoms with Crippen molar-refractivity contribution < 1.29 is 4.79 Å². The Labute approximate surface area is 79.1 Å². The van der Waals surface area contributed by atoms with Crippen LogP contribution in [-0.2, 0) is 4.79 Å². The molecule has 0 rings (SSSR count). The van der Waals surface area contributed by atoms with Gasteiger partial charge in [-0.15, -0.1) is 0 Å². The first-order valence-electron chi connectivity index (χ1n) is 4.21. The van der Waals surface area contributed by atoms with Gasteiger partial charge in [-0.2, -0.15) is 0 Å². The van der Waals surface area contributed by atoms with Crippen LogP contribution in [0.3, 0.4) is 0 Å². The van der Waals surface area contributed by atoms with Crippen molar-refractivity contribution >= 4 is 11.7 Å². The lowest BCUT2D eigenvalue weighted by Crippen LogP contribution is -2.44. The van der Waals surface area contributed by atoms with Crippen molar-refractivity contribution in [3.05, 3.63) is 12.7 Å². The molecule has 13 heavy (non-hydrogen) atoms. The Morgan fingerprint density at radius 2 is 2.23 bits per heavy atom. The highest BCUT2D eigenvalue weighted by atomic mass is 16.1. The van der Waals surface area contributed by atoms with Crippen LogP contribution in [0.5, 0.6) is 0 Å². The summed E-state index contributed by atoms with van der Waals surface area (Å²) in [6, 6.07) is -0.0381. The molecule has 0 saturated heterocycles. The van der Waals surface area contributed by atoms with Crippen molar-refractivity contribution in [2.75, 3.05) is 14.1 Å². The number of amides is 1. The second-order valence-electron chi connectivity index (χ2n) is 2.99. The Balaban J connectivity index is 4.22. The molecule has 0 fully saturated rings. The molecule has 1 atom stereocenters. The van der Waals surface area contributed by atoms with Gasteiger partial charge in [0.1, 0.15) is 5.84 Å². The summed E-state index contributed by atoms with van der Waals surface area (Å²) in [6.45, 7) is 5.29. The fourth-order valence-corrected chi connectivity index (χ4v) is 1.09. The van der Waals surface area contributed by atoms with Gasteiger partial charge in [0, 0.05) is 0 Å². The highest BCUT2D eigenvalue weighted by Crippen LogP contribution is 1.98.